The first-order valence-electron chi connectivity index (χ1n) is 39.5. The van der Waals surface area contributed by atoms with Crippen molar-refractivity contribution in [2.45, 2.75) is 191 Å². The predicted octanol–water partition coefficient (Wildman–Crippen LogP) is 4.93. The number of hydrogen-bond donors (Lipinski definition) is 10. The van der Waals surface area contributed by atoms with E-state index in [4.69, 9.17) is 14.2 Å². The number of carboxylic acids is 1. The summed E-state index contributed by atoms with van der Waals surface area (Å²) >= 11 is 0. The highest BCUT2D eigenvalue weighted by Gasteiger charge is 2.49. The van der Waals surface area contributed by atoms with Crippen molar-refractivity contribution in [3.8, 4) is 22.6 Å². The number of carboxylic acid groups (broad SMARTS) is 1. The zero-order chi connectivity index (χ0) is 84.0. The molecule has 117 heavy (non-hydrogen) atoms. The van der Waals surface area contributed by atoms with Crippen molar-refractivity contribution in [3.05, 3.63) is 192 Å². The number of hydrogen-bond acceptors (Lipinski definition) is 19. The topological polar surface area (TPSA) is 398 Å². The van der Waals surface area contributed by atoms with E-state index in [0.29, 0.717) is 52.3 Å². The molecule has 1 saturated carbocycles. The number of benzene rings is 6. The Morgan fingerprint density at radius 1 is 0.573 bits per heavy atom. The summed E-state index contributed by atoms with van der Waals surface area (Å²) in [6.07, 6.45) is 4.05. The number of nitrogens with one attached hydrogen (secondary N) is 9. The minimum absolute atomic E-state index is 0.0180. The van der Waals surface area contributed by atoms with E-state index < -0.39 is 158 Å². The van der Waals surface area contributed by atoms with Crippen molar-refractivity contribution in [1.82, 2.24) is 72.1 Å². The lowest BCUT2D eigenvalue weighted by Gasteiger charge is -2.36. The summed E-state index contributed by atoms with van der Waals surface area (Å²) < 4.78 is 49.4. The molecule has 7 aromatic rings. The highest BCUT2D eigenvalue weighted by molar-refractivity contribution is 7.91. The molecule has 14 rings (SSSR count). The Labute approximate surface area is 681 Å². The van der Waals surface area contributed by atoms with Crippen LogP contribution in [-0.2, 0) is 95.0 Å². The lowest BCUT2D eigenvalue weighted by Crippen LogP contribution is -2.61. The number of nitrogens with zero attached hydrogens (tertiary/aromatic N) is 5. The predicted molar refractivity (Wildman–Crippen MR) is 437 cm³/mol. The van der Waals surface area contributed by atoms with Gasteiger partial charge >= 0.3 is 5.97 Å². The quantitative estimate of drug-likeness (QED) is 0.0540. The average molecular weight is 1620 g/mol. The molecule has 622 valence electrons. The first kappa shape index (κ1) is 86.4. The standard InChI is InChI=1S/C86H106N14O16S/c1-51(87-9)75(101)93-73(85(3,4)5)82(108)98-48-62-45-71(98)80(106)91-68(44-56-24-31-58-20-14-15-21-60(58)40-56)78(104)92-70(84(110)111)43-55-25-32-63(33-26-55)114-38-16-17-39-115-65-46-72(99(49-65)83(109)74(86(6,7)8)94-76(102)52(2)88-10)81(107)90-67(41-53-22-29-59(30-23-53)57-18-12-11-13-19-57)77(103)89-69(79(105)96-117(112,113)66-36-37-66)42-54-27-34-64(35-28-54)116-50-61-47-100(62)97-95-61/h11-35,40,47,51-52,62,65-74,87-88H,36-39,41-46,48-50H2,1-10H3,(H,89,103)(H,90,107)(H,91,106)(H,92,104)(H,93,101)(H,94,102)(H,96,105)(H,110,111)/b17-16+/t51-,52-,62-,65?,67-,68-,69?,70-,71-,72?,73+,74+/m0/s1. The minimum Gasteiger partial charge on any atom is -0.490 e. The van der Waals surface area contributed by atoms with Gasteiger partial charge in [0.25, 0.3) is 5.91 Å². The van der Waals surface area contributed by atoms with E-state index in [-0.39, 0.29) is 71.4 Å². The summed E-state index contributed by atoms with van der Waals surface area (Å²) in [7, 11) is -0.972. The van der Waals surface area contributed by atoms with Gasteiger partial charge in [0.05, 0.1) is 42.3 Å². The van der Waals surface area contributed by atoms with Gasteiger partial charge in [-0.05, 0) is 126 Å². The van der Waals surface area contributed by atoms with Gasteiger partial charge in [-0.2, -0.15) is 0 Å². The van der Waals surface area contributed by atoms with Gasteiger partial charge in [0.1, 0.15) is 78.7 Å². The Morgan fingerprint density at radius 3 is 1.64 bits per heavy atom. The van der Waals surface area contributed by atoms with Crippen LogP contribution in [0.3, 0.4) is 0 Å². The fraction of sp³-hybridized carbons (Fsp3) is 0.442. The smallest absolute Gasteiger partial charge is 0.326 e. The van der Waals surface area contributed by atoms with Gasteiger partial charge < -0.3 is 71.7 Å². The van der Waals surface area contributed by atoms with Crippen LogP contribution >= 0.6 is 0 Å². The second-order valence-electron chi connectivity index (χ2n) is 32.6. The number of rotatable bonds is 17. The zero-order valence-electron chi connectivity index (χ0n) is 67.5. The van der Waals surface area contributed by atoms with Crippen LogP contribution in [0.1, 0.15) is 115 Å². The van der Waals surface area contributed by atoms with Crippen LogP contribution in [0.25, 0.3) is 21.9 Å². The average Bonchev–Trinajstić information content (AvgIpc) is 1.62. The van der Waals surface area contributed by atoms with Crippen molar-refractivity contribution in [2.75, 3.05) is 40.4 Å². The Hall–Kier alpha value is -11.4. The first-order valence-corrected chi connectivity index (χ1v) is 41.1. The number of fused-ring (bicyclic) bond motifs is 1. The largest absolute Gasteiger partial charge is 0.490 e. The van der Waals surface area contributed by atoms with Crippen molar-refractivity contribution in [2.24, 2.45) is 10.8 Å². The van der Waals surface area contributed by atoms with Gasteiger partial charge in [0, 0.05) is 51.6 Å². The number of amides is 9. The van der Waals surface area contributed by atoms with E-state index in [1.807, 2.05) is 84.9 Å². The molecule has 31 heteroatoms. The number of likely N-dealkylation sites (tertiary alicyclic amines) is 2. The van der Waals surface area contributed by atoms with Crippen LogP contribution in [0, 0.1) is 10.8 Å². The monoisotopic (exact) mass is 1620 g/mol. The van der Waals surface area contributed by atoms with Crippen LogP contribution in [0.4, 0.5) is 0 Å². The molecule has 10 N–H and O–H groups in total. The molecule has 12 atom stereocenters. The molecule has 2 saturated heterocycles. The molecule has 30 nitrogen and oxygen atoms in total. The summed E-state index contributed by atoms with van der Waals surface area (Å²) in [6.45, 7) is 13.6. The third kappa shape index (κ3) is 22.8. The molecule has 0 radical (unpaired) electrons. The summed E-state index contributed by atoms with van der Waals surface area (Å²) in [5.74, 6) is -6.97. The molecule has 1 aliphatic carbocycles. The lowest BCUT2D eigenvalue weighted by molar-refractivity contribution is -0.145. The highest BCUT2D eigenvalue weighted by Crippen LogP contribution is 2.34. The Balaban J connectivity index is 0.922. The summed E-state index contributed by atoms with van der Waals surface area (Å²) in [5, 5.41) is 43.4. The van der Waals surface area contributed by atoms with Crippen molar-refractivity contribution in [1.29, 1.82) is 0 Å². The summed E-state index contributed by atoms with van der Waals surface area (Å²) in [5.41, 5.74) is 2.50. The Morgan fingerprint density at radius 2 is 1.08 bits per heavy atom. The van der Waals surface area contributed by atoms with Crippen LogP contribution in [0.15, 0.2) is 164 Å². The number of carbonyl (C=O) groups is 10. The molecule has 6 aromatic carbocycles. The Kier molecular flexibility index (Phi) is 28.2. The number of likely N-dealkylation sites (N-methyl/N-ethyl adjacent to an activating group) is 2. The summed E-state index contributed by atoms with van der Waals surface area (Å²) in [6, 6.07) is 30.2. The Bertz CT molecular complexity index is 4880. The highest BCUT2D eigenvalue weighted by atomic mass is 32.2. The number of aromatic nitrogens is 3. The van der Waals surface area contributed by atoms with Crippen molar-refractivity contribution < 1.29 is 75.7 Å². The maximum absolute atomic E-state index is 15.4. The second kappa shape index (κ2) is 38.1. The molecule has 1 aromatic heterocycles. The lowest BCUT2D eigenvalue weighted by atomic mass is 9.85. The van der Waals surface area contributed by atoms with Crippen molar-refractivity contribution in [3.63, 3.8) is 0 Å². The van der Waals surface area contributed by atoms with E-state index >= 15 is 24.0 Å². The molecule has 6 aliphatic heterocycles. The van der Waals surface area contributed by atoms with Gasteiger partial charge in [-0.3, -0.25) is 47.9 Å². The molecule has 0 spiro atoms. The molecule has 9 amide bonds. The SMILES string of the molecule is CN[C@@H](C)C(=O)N[C@H](C(=O)N1CC2CC1C(=O)N[C@@H](Cc1ccc(-c3ccccc3)cc1)C(=O)NC(C(=O)NS(=O)(=O)C1CC1)Cc1ccc(cc1)OCc1cn(nn1)[C@H]1C[C@@H](C(=O)N[C@@H](Cc3ccc4ccccc4c3)C(=O)N[C@H](C(=O)O)Cc3ccc(cc3)OC/C=C/CO2)N(C(=O)[C@@H](NC(=O)[C@H](C)NC)C(C)(C)C)C1)C(C)(C)C. The second-order valence-corrected chi connectivity index (χ2v) is 34.6. The zero-order valence-corrected chi connectivity index (χ0v) is 68.3. The van der Waals surface area contributed by atoms with E-state index in [0.717, 1.165) is 21.9 Å². The van der Waals surface area contributed by atoms with E-state index in [1.54, 1.807) is 148 Å². The molecule has 3 unspecified atom stereocenters. The van der Waals surface area contributed by atoms with E-state index in [9.17, 15) is 37.5 Å². The molecule has 7 aliphatic rings. The summed E-state index contributed by atoms with van der Waals surface area (Å²) in [4.78, 5) is 149. The molecule has 7 heterocycles. The molecule has 3 fully saturated rings. The van der Waals surface area contributed by atoms with Crippen LogP contribution in [0.5, 0.6) is 11.5 Å². The molecular weight excluding hydrogens is 1520 g/mol. The molecule has 10 bridgehead atoms. The van der Waals surface area contributed by atoms with Gasteiger partial charge in [-0.1, -0.05) is 174 Å². The number of ether oxygens (including phenoxy) is 3. The first-order chi connectivity index (χ1) is 55.7. The van der Waals surface area contributed by atoms with Gasteiger partial charge in [-0.25, -0.2) is 17.9 Å². The minimum atomic E-state index is -4.18. The van der Waals surface area contributed by atoms with Crippen LogP contribution in [-0.4, -0.2) is 210 Å². The van der Waals surface area contributed by atoms with E-state index in [1.165, 1.54) is 14.5 Å². The third-order valence-electron chi connectivity index (χ3n) is 21.6. The number of carbonyl (C=O) groups excluding carboxylic acids is 9. The maximum atomic E-state index is 15.4. The number of sulfonamides is 1. The van der Waals surface area contributed by atoms with Gasteiger partial charge in [-0.15, -0.1) is 5.10 Å². The van der Waals surface area contributed by atoms with Crippen LogP contribution < -0.4 is 56.7 Å². The molecular formula is C86H106N14O16S. The van der Waals surface area contributed by atoms with E-state index in [2.05, 4.69) is 57.6 Å². The number of aliphatic carboxylic acids is 1. The fourth-order valence-electron chi connectivity index (χ4n) is 14.3. The maximum Gasteiger partial charge on any atom is 0.326 e. The normalized spacial score (nSPS) is 22.3. The fourth-order valence-corrected chi connectivity index (χ4v) is 15.7. The third-order valence-corrected chi connectivity index (χ3v) is 23.5. The van der Waals surface area contributed by atoms with Crippen LogP contribution in [0.2, 0.25) is 0 Å². The van der Waals surface area contributed by atoms with Gasteiger partial charge in [0.2, 0.25) is 57.3 Å². The van der Waals surface area contributed by atoms with Gasteiger partial charge in [0.15, 0.2) is 0 Å². The van der Waals surface area contributed by atoms with Crippen molar-refractivity contribution >= 4 is 79.9 Å².